The Bertz CT molecular complexity index is 169. The molecule has 0 aromatic heterocycles. The molecule has 1 atom stereocenters. The summed E-state index contributed by atoms with van der Waals surface area (Å²) in [5.74, 6) is 0. The summed E-state index contributed by atoms with van der Waals surface area (Å²) < 4.78 is 5.34. The SMILES string of the molecule is CC1CCCN1CCN1CCOCC1. The normalized spacial score (nSPS) is 31.1. The van der Waals surface area contributed by atoms with Crippen molar-refractivity contribution >= 4 is 0 Å². The second-order valence-corrected chi connectivity index (χ2v) is 4.48. The number of morpholine rings is 1. The van der Waals surface area contributed by atoms with Crippen molar-refractivity contribution in [2.24, 2.45) is 0 Å². The minimum absolute atomic E-state index is 0.816. The summed E-state index contributed by atoms with van der Waals surface area (Å²) in [6.45, 7) is 10.3. The van der Waals surface area contributed by atoms with Crippen molar-refractivity contribution in [2.75, 3.05) is 45.9 Å². The summed E-state index contributed by atoms with van der Waals surface area (Å²) in [6.07, 6.45) is 2.79. The van der Waals surface area contributed by atoms with E-state index < -0.39 is 0 Å². The van der Waals surface area contributed by atoms with Crippen LogP contribution in [-0.4, -0.2) is 61.8 Å². The van der Waals surface area contributed by atoms with E-state index in [0.717, 1.165) is 32.3 Å². The Kier molecular flexibility index (Phi) is 3.79. The van der Waals surface area contributed by atoms with Crippen molar-refractivity contribution in [3.05, 3.63) is 0 Å². The van der Waals surface area contributed by atoms with Crippen LogP contribution < -0.4 is 0 Å². The average molecular weight is 198 g/mol. The fourth-order valence-electron chi connectivity index (χ4n) is 2.42. The highest BCUT2D eigenvalue weighted by Crippen LogP contribution is 2.15. The Morgan fingerprint density at radius 2 is 1.93 bits per heavy atom. The van der Waals surface area contributed by atoms with Crippen LogP contribution in [0, 0.1) is 0 Å². The van der Waals surface area contributed by atoms with Crippen LogP contribution in [0.1, 0.15) is 19.8 Å². The second-order valence-electron chi connectivity index (χ2n) is 4.48. The largest absolute Gasteiger partial charge is 0.379 e. The zero-order chi connectivity index (χ0) is 9.80. The maximum absolute atomic E-state index is 5.34. The van der Waals surface area contributed by atoms with E-state index in [1.807, 2.05) is 0 Å². The molecule has 2 heterocycles. The Morgan fingerprint density at radius 3 is 2.57 bits per heavy atom. The Labute approximate surface area is 87.0 Å². The third kappa shape index (κ3) is 2.69. The van der Waals surface area contributed by atoms with Crippen molar-refractivity contribution < 1.29 is 4.74 Å². The molecule has 2 aliphatic rings. The molecule has 0 bridgehead atoms. The van der Waals surface area contributed by atoms with E-state index in [1.54, 1.807) is 0 Å². The molecule has 0 aromatic carbocycles. The van der Waals surface area contributed by atoms with E-state index in [4.69, 9.17) is 4.74 Å². The van der Waals surface area contributed by atoms with E-state index in [0.29, 0.717) is 0 Å². The number of hydrogen-bond donors (Lipinski definition) is 0. The topological polar surface area (TPSA) is 15.7 Å². The first-order chi connectivity index (χ1) is 6.86. The molecule has 2 fully saturated rings. The van der Waals surface area contributed by atoms with Gasteiger partial charge in [-0.1, -0.05) is 0 Å². The lowest BCUT2D eigenvalue weighted by atomic mass is 10.2. The van der Waals surface area contributed by atoms with Gasteiger partial charge in [-0.05, 0) is 26.3 Å². The summed E-state index contributed by atoms with van der Waals surface area (Å²) in [5, 5.41) is 0. The molecule has 14 heavy (non-hydrogen) atoms. The van der Waals surface area contributed by atoms with Gasteiger partial charge in [0.2, 0.25) is 0 Å². The molecule has 2 rings (SSSR count). The van der Waals surface area contributed by atoms with Gasteiger partial charge in [-0.2, -0.15) is 0 Å². The van der Waals surface area contributed by atoms with Gasteiger partial charge in [0.15, 0.2) is 0 Å². The number of hydrogen-bond acceptors (Lipinski definition) is 3. The quantitative estimate of drug-likeness (QED) is 0.667. The minimum atomic E-state index is 0.816. The van der Waals surface area contributed by atoms with E-state index in [1.165, 1.54) is 32.5 Å². The lowest BCUT2D eigenvalue weighted by Crippen LogP contribution is -2.42. The first-order valence-corrected chi connectivity index (χ1v) is 5.90. The predicted molar refractivity (Wildman–Crippen MR) is 57.5 cm³/mol. The van der Waals surface area contributed by atoms with Crippen LogP contribution in [0.3, 0.4) is 0 Å². The minimum Gasteiger partial charge on any atom is -0.379 e. The summed E-state index contributed by atoms with van der Waals surface area (Å²) in [5.41, 5.74) is 0. The number of rotatable bonds is 3. The highest BCUT2D eigenvalue weighted by atomic mass is 16.5. The first-order valence-electron chi connectivity index (χ1n) is 5.90. The molecule has 2 saturated heterocycles. The average Bonchev–Trinajstić information content (AvgIpc) is 2.63. The van der Waals surface area contributed by atoms with Crippen molar-refractivity contribution in [2.45, 2.75) is 25.8 Å². The molecule has 0 spiro atoms. The van der Waals surface area contributed by atoms with E-state index in [2.05, 4.69) is 16.7 Å². The van der Waals surface area contributed by atoms with Gasteiger partial charge in [-0.25, -0.2) is 0 Å². The lowest BCUT2D eigenvalue weighted by molar-refractivity contribution is 0.0330. The second kappa shape index (κ2) is 5.10. The first kappa shape index (κ1) is 10.4. The third-order valence-corrected chi connectivity index (χ3v) is 3.50. The molecule has 1 unspecified atom stereocenters. The number of likely N-dealkylation sites (tertiary alicyclic amines) is 1. The van der Waals surface area contributed by atoms with Crippen LogP contribution in [0.5, 0.6) is 0 Å². The Hall–Kier alpha value is -0.120. The van der Waals surface area contributed by atoms with Crippen LogP contribution in [0.25, 0.3) is 0 Å². The molecular formula is C11H22N2O. The third-order valence-electron chi connectivity index (χ3n) is 3.50. The molecule has 0 radical (unpaired) electrons. The predicted octanol–water partition coefficient (Wildman–Crippen LogP) is 0.803. The molecule has 3 nitrogen and oxygen atoms in total. The molecule has 2 aliphatic heterocycles. The van der Waals surface area contributed by atoms with Gasteiger partial charge in [0.25, 0.3) is 0 Å². The fraction of sp³-hybridized carbons (Fsp3) is 1.00. The van der Waals surface area contributed by atoms with E-state index >= 15 is 0 Å². The zero-order valence-electron chi connectivity index (χ0n) is 9.24. The highest BCUT2D eigenvalue weighted by molar-refractivity contribution is 4.76. The van der Waals surface area contributed by atoms with Gasteiger partial charge in [0.1, 0.15) is 0 Å². The van der Waals surface area contributed by atoms with E-state index in [9.17, 15) is 0 Å². The molecule has 0 aromatic rings. The van der Waals surface area contributed by atoms with Crippen LogP contribution >= 0.6 is 0 Å². The van der Waals surface area contributed by atoms with Crippen LogP contribution in [0.2, 0.25) is 0 Å². The van der Waals surface area contributed by atoms with Crippen molar-refractivity contribution in [1.29, 1.82) is 0 Å². The molecular weight excluding hydrogens is 176 g/mol. The molecule has 3 heteroatoms. The van der Waals surface area contributed by atoms with Crippen LogP contribution in [0.4, 0.5) is 0 Å². The van der Waals surface area contributed by atoms with Gasteiger partial charge >= 0.3 is 0 Å². The molecule has 0 aliphatic carbocycles. The van der Waals surface area contributed by atoms with Crippen LogP contribution in [0.15, 0.2) is 0 Å². The summed E-state index contributed by atoms with van der Waals surface area (Å²) in [7, 11) is 0. The standard InChI is InChI=1S/C11H22N2O/c1-11-3-2-4-13(11)6-5-12-7-9-14-10-8-12/h11H,2-10H2,1H3. The van der Waals surface area contributed by atoms with Gasteiger partial charge in [-0.15, -0.1) is 0 Å². The zero-order valence-corrected chi connectivity index (χ0v) is 9.24. The van der Waals surface area contributed by atoms with E-state index in [-0.39, 0.29) is 0 Å². The van der Waals surface area contributed by atoms with Crippen molar-refractivity contribution in [3.63, 3.8) is 0 Å². The van der Waals surface area contributed by atoms with Gasteiger partial charge in [-0.3, -0.25) is 9.80 Å². The number of ether oxygens (including phenoxy) is 1. The molecule has 0 saturated carbocycles. The van der Waals surface area contributed by atoms with Gasteiger partial charge in [0.05, 0.1) is 13.2 Å². The lowest BCUT2D eigenvalue weighted by Gasteiger charge is -2.29. The smallest absolute Gasteiger partial charge is 0.0594 e. The Morgan fingerprint density at radius 1 is 1.14 bits per heavy atom. The maximum Gasteiger partial charge on any atom is 0.0594 e. The Balaban J connectivity index is 1.65. The summed E-state index contributed by atoms with van der Waals surface area (Å²) in [6, 6.07) is 0.816. The molecule has 0 amide bonds. The van der Waals surface area contributed by atoms with Gasteiger partial charge in [0, 0.05) is 32.2 Å². The monoisotopic (exact) mass is 198 g/mol. The molecule has 0 N–H and O–H groups in total. The summed E-state index contributed by atoms with van der Waals surface area (Å²) >= 11 is 0. The van der Waals surface area contributed by atoms with Crippen molar-refractivity contribution in [1.82, 2.24) is 9.80 Å². The number of nitrogens with zero attached hydrogens (tertiary/aromatic N) is 2. The summed E-state index contributed by atoms with van der Waals surface area (Å²) in [4.78, 5) is 5.14. The fourth-order valence-corrected chi connectivity index (χ4v) is 2.42. The van der Waals surface area contributed by atoms with Crippen molar-refractivity contribution in [3.8, 4) is 0 Å². The molecule has 82 valence electrons. The maximum atomic E-state index is 5.34. The highest BCUT2D eigenvalue weighted by Gasteiger charge is 2.20. The van der Waals surface area contributed by atoms with Gasteiger partial charge < -0.3 is 4.74 Å². The van der Waals surface area contributed by atoms with Crippen LogP contribution in [-0.2, 0) is 4.74 Å².